The number of para-hydroxylation sites is 1. The molecule has 1 aromatic carbocycles. The van der Waals surface area contributed by atoms with Gasteiger partial charge >= 0.3 is 0 Å². The molecule has 0 unspecified atom stereocenters. The highest BCUT2D eigenvalue weighted by Gasteiger charge is 2.53. The summed E-state index contributed by atoms with van der Waals surface area (Å²) < 4.78 is 23.4. The molecule has 0 heterocycles. The zero-order valence-corrected chi connectivity index (χ0v) is 11.5. The molecule has 3 rings (SSSR count). The maximum atomic E-state index is 11.7. The molecule has 2 aliphatic rings. The van der Waals surface area contributed by atoms with Crippen molar-refractivity contribution in [1.82, 2.24) is 0 Å². The van der Waals surface area contributed by atoms with Gasteiger partial charge in [-0.3, -0.25) is 0 Å². The SMILES string of the molecule is CS(=O)(=O)c1ccccc1NCC1(C2CC2)CC1. The highest BCUT2D eigenvalue weighted by atomic mass is 32.2. The van der Waals surface area contributed by atoms with Crippen LogP contribution in [0.4, 0.5) is 5.69 Å². The molecule has 0 aromatic heterocycles. The molecule has 0 atom stereocenters. The fourth-order valence-electron chi connectivity index (χ4n) is 2.79. The Kier molecular flexibility index (Phi) is 2.66. The maximum absolute atomic E-state index is 11.7. The van der Waals surface area contributed by atoms with Crippen molar-refractivity contribution in [3.05, 3.63) is 24.3 Å². The minimum atomic E-state index is -3.15. The first kappa shape index (κ1) is 12.0. The first-order valence-corrected chi connectivity index (χ1v) is 8.43. The van der Waals surface area contributed by atoms with E-state index in [2.05, 4.69) is 5.32 Å². The number of nitrogens with one attached hydrogen (secondary N) is 1. The van der Waals surface area contributed by atoms with Crippen molar-refractivity contribution >= 4 is 15.5 Å². The van der Waals surface area contributed by atoms with E-state index in [1.54, 1.807) is 12.1 Å². The lowest BCUT2D eigenvalue weighted by molar-refractivity contribution is 0.466. The molecular formula is C14H19NO2S. The number of anilines is 1. The summed E-state index contributed by atoms with van der Waals surface area (Å²) in [6.07, 6.45) is 6.57. The first-order valence-electron chi connectivity index (χ1n) is 6.54. The van der Waals surface area contributed by atoms with Gasteiger partial charge in [-0.1, -0.05) is 12.1 Å². The third kappa shape index (κ3) is 2.26. The standard InChI is InChI=1S/C14H19NO2S/c1-18(16,17)13-5-3-2-4-12(13)15-10-14(8-9-14)11-6-7-11/h2-5,11,15H,6-10H2,1H3. The van der Waals surface area contributed by atoms with Crippen molar-refractivity contribution in [3.8, 4) is 0 Å². The van der Waals surface area contributed by atoms with Crippen molar-refractivity contribution in [2.24, 2.45) is 11.3 Å². The largest absolute Gasteiger partial charge is 0.383 e. The van der Waals surface area contributed by atoms with Gasteiger partial charge in [-0.25, -0.2) is 8.42 Å². The minimum absolute atomic E-state index is 0.414. The highest BCUT2D eigenvalue weighted by molar-refractivity contribution is 7.90. The van der Waals surface area contributed by atoms with E-state index < -0.39 is 9.84 Å². The van der Waals surface area contributed by atoms with Crippen LogP contribution in [0.15, 0.2) is 29.2 Å². The second kappa shape index (κ2) is 3.98. The zero-order chi connectivity index (χ0) is 12.8. The molecule has 0 saturated heterocycles. The number of benzene rings is 1. The summed E-state index contributed by atoms with van der Waals surface area (Å²) in [4.78, 5) is 0.414. The molecule has 0 radical (unpaired) electrons. The summed E-state index contributed by atoms with van der Waals surface area (Å²) in [6, 6.07) is 7.19. The Bertz CT molecular complexity index is 557. The normalized spacial score (nSPS) is 21.6. The Hall–Kier alpha value is -1.03. The molecule has 2 saturated carbocycles. The molecule has 0 bridgehead atoms. The van der Waals surface area contributed by atoms with E-state index in [4.69, 9.17) is 0 Å². The summed E-state index contributed by atoms with van der Waals surface area (Å²) in [7, 11) is -3.15. The summed E-state index contributed by atoms with van der Waals surface area (Å²) in [5.41, 5.74) is 1.23. The molecule has 0 amide bonds. The predicted molar refractivity (Wildman–Crippen MR) is 72.4 cm³/mol. The fraction of sp³-hybridized carbons (Fsp3) is 0.571. The van der Waals surface area contributed by atoms with E-state index in [-0.39, 0.29) is 0 Å². The van der Waals surface area contributed by atoms with Crippen molar-refractivity contribution in [1.29, 1.82) is 0 Å². The van der Waals surface area contributed by atoms with Gasteiger partial charge in [-0.2, -0.15) is 0 Å². The van der Waals surface area contributed by atoms with Gasteiger partial charge < -0.3 is 5.32 Å². The highest BCUT2D eigenvalue weighted by Crippen LogP contribution is 2.61. The van der Waals surface area contributed by atoms with E-state index in [0.717, 1.165) is 18.2 Å². The Morgan fingerprint density at radius 2 is 1.94 bits per heavy atom. The quantitative estimate of drug-likeness (QED) is 0.890. The molecule has 18 heavy (non-hydrogen) atoms. The van der Waals surface area contributed by atoms with Crippen molar-refractivity contribution in [3.63, 3.8) is 0 Å². The molecule has 4 heteroatoms. The van der Waals surface area contributed by atoms with E-state index >= 15 is 0 Å². The molecule has 0 spiro atoms. The fourth-order valence-corrected chi connectivity index (χ4v) is 3.66. The summed E-state index contributed by atoms with van der Waals surface area (Å²) in [5, 5.41) is 3.36. The van der Waals surface area contributed by atoms with Crippen molar-refractivity contribution in [2.45, 2.75) is 30.6 Å². The van der Waals surface area contributed by atoms with Gasteiger partial charge in [0.15, 0.2) is 9.84 Å². The van der Waals surface area contributed by atoms with Crippen LogP contribution in [0.3, 0.4) is 0 Å². The lowest BCUT2D eigenvalue weighted by Gasteiger charge is -2.17. The zero-order valence-electron chi connectivity index (χ0n) is 10.6. The lowest BCUT2D eigenvalue weighted by atomic mass is 10.0. The van der Waals surface area contributed by atoms with E-state index in [1.165, 1.54) is 31.9 Å². The molecule has 0 aliphatic heterocycles. The molecule has 1 N–H and O–H groups in total. The number of rotatable bonds is 5. The molecule has 2 aliphatic carbocycles. The third-order valence-corrected chi connectivity index (χ3v) is 5.41. The van der Waals surface area contributed by atoms with Gasteiger partial charge in [-0.05, 0) is 49.1 Å². The van der Waals surface area contributed by atoms with Gasteiger partial charge in [0.1, 0.15) is 0 Å². The molecule has 1 aromatic rings. The Labute approximate surface area is 109 Å². The van der Waals surface area contributed by atoms with Gasteiger partial charge in [0.05, 0.1) is 10.6 Å². The topological polar surface area (TPSA) is 46.2 Å². The smallest absolute Gasteiger partial charge is 0.177 e. The van der Waals surface area contributed by atoms with Crippen LogP contribution in [-0.2, 0) is 9.84 Å². The van der Waals surface area contributed by atoms with E-state index in [9.17, 15) is 8.42 Å². The van der Waals surface area contributed by atoms with Crippen LogP contribution in [0.25, 0.3) is 0 Å². The minimum Gasteiger partial charge on any atom is -0.383 e. The van der Waals surface area contributed by atoms with Gasteiger partial charge in [0, 0.05) is 12.8 Å². The average molecular weight is 265 g/mol. The van der Waals surface area contributed by atoms with E-state index in [1.807, 2.05) is 12.1 Å². The number of sulfone groups is 1. The first-order chi connectivity index (χ1) is 8.51. The van der Waals surface area contributed by atoms with Crippen molar-refractivity contribution in [2.75, 3.05) is 18.1 Å². The monoisotopic (exact) mass is 265 g/mol. The summed E-state index contributed by atoms with van der Waals surface area (Å²) >= 11 is 0. The van der Waals surface area contributed by atoms with Gasteiger partial charge in [-0.15, -0.1) is 0 Å². The predicted octanol–water partition coefficient (Wildman–Crippen LogP) is 2.69. The van der Waals surface area contributed by atoms with Crippen LogP contribution >= 0.6 is 0 Å². The van der Waals surface area contributed by atoms with Gasteiger partial charge in [0.25, 0.3) is 0 Å². The van der Waals surface area contributed by atoms with Crippen molar-refractivity contribution < 1.29 is 8.42 Å². The summed E-state index contributed by atoms with van der Waals surface area (Å²) in [6.45, 7) is 0.921. The number of hydrogen-bond acceptors (Lipinski definition) is 3. The molecular weight excluding hydrogens is 246 g/mol. The lowest BCUT2D eigenvalue weighted by Crippen LogP contribution is -2.18. The van der Waals surface area contributed by atoms with Crippen LogP contribution in [0.1, 0.15) is 25.7 Å². The molecule has 2 fully saturated rings. The second-order valence-electron chi connectivity index (χ2n) is 5.76. The van der Waals surface area contributed by atoms with Crippen LogP contribution in [0.5, 0.6) is 0 Å². The Balaban J connectivity index is 1.77. The second-order valence-corrected chi connectivity index (χ2v) is 7.74. The van der Waals surface area contributed by atoms with Crippen LogP contribution < -0.4 is 5.32 Å². The number of hydrogen-bond donors (Lipinski definition) is 1. The Morgan fingerprint density at radius 1 is 1.28 bits per heavy atom. The van der Waals surface area contributed by atoms with Crippen LogP contribution in [0, 0.1) is 11.3 Å². The summed E-state index contributed by atoms with van der Waals surface area (Å²) in [5.74, 6) is 0.885. The maximum Gasteiger partial charge on any atom is 0.177 e. The van der Waals surface area contributed by atoms with Crippen LogP contribution in [-0.4, -0.2) is 21.2 Å². The Morgan fingerprint density at radius 3 is 2.50 bits per heavy atom. The van der Waals surface area contributed by atoms with Gasteiger partial charge in [0.2, 0.25) is 0 Å². The van der Waals surface area contributed by atoms with Crippen LogP contribution in [0.2, 0.25) is 0 Å². The molecule has 3 nitrogen and oxygen atoms in total. The molecule has 98 valence electrons. The average Bonchev–Trinajstić information content (AvgIpc) is 3.17. The third-order valence-electron chi connectivity index (χ3n) is 4.25. The van der Waals surface area contributed by atoms with E-state index in [0.29, 0.717) is 10.3 Å².